The number of sulfone groups is 1. The van der Waals surface area contributed by atoms with E-state index in [0.29, 0.717) is 11.5 Å². The van der Waals surface area contributed by atoms with E-state index in [4.69, 9.17) is 8.83 Å². The molecule has 32 heavy (non-hydrogen) atoms. The average molecular weight is 479 g/mol. The van der Waals surface area contributed by atoms with Crippen molar-refractivity contribution in [2.24, 2.45) is 0 Å². The minimum Gasteiger partial charge on any atom is -0.467 e. The van der Waals surface area contributed by atoms with Gasteiger partial charge in [-0.1, -0.05) is 6.07 Å². The monoisotopic (exact) mass is 478 g/mol. The third-order valence-corrected chi connectivity index (χ3v) is 8.37. The topological polar surface area (TPSA) is 127 Å². The molecule has 1 atom stereocenters. The Bertz CT molecular complexity index is 1250. The first kappa shape index (κ1) is 22.3. The Hall–Kier alpha value is -2.89. The van der Waals surface area contributed by atoms with Gasteiger partial charge in [-0.2, -0.15) is 0 Å². The summed E-state index contributed by atoms with van der Waals surface area (Å²) in [6.07, 6.45) is 3.24. The van der Waals surface area contributed by atoms with Gasteiger partial charge in [-0.15, -0.1) is 0 Å². The van der Waals surface area contributed by atoms with Gasteiger partial charge in [-0.3, -0.25) is 4.79 Å². The molecule has 1 aromatic carbocycles. The molecule has 0 bridgehead atoms. The van der Waals surface area contributed by atoms with E-state index >= 15 is 0 Å². The lowest BCUT2D eigenvalue weighted by Crippen LogP contribution is -2.35. The Kier molecular flexibility index (Phi) is 6.22. The van der Waals surface area contributed by atoms with Crippen molar-refractivity contribution in [1.29, 1.82) is 0 Å². The Labute approximate surface area is 186 Å². The maximum absolute atomic E-state index is 13.3. The van der Waals surface area contributed by atoms with Crippen LogP contribution in [-0.4, -0.2) is 45.2 Å². The van der Waals surface area contributed by atoms with Gasteiger partial charge in [0.15, 0.2) is 9.84 Å². The fourth-order valence-electron chi connectivity index (χ4n) is 3.54. The van der Waals surface area contributed by atoms with Crippen molar-refractivity contribution in [2.45, 2.75) is 30.4 Å². The van der Waals surface area contributed by atoms with Gasteiger partial charge in [0, 0.05) is 11.6 Å². The van der Waals surface area contributed by atoms with Gasteiger partial charge in [0.2, 0.25) is 10.0 Å². The number of carbonyl (C=O) groups excluding carboxylic acids is 1. The molecular formula is C21H22N2O7S2. The Morgan fingerprint density at radius 2 is 1.69 bits per heavy atom. The van der Waals surface area contributed by atoms with Crippen LogP contribution in [0.15, 0.2) is 74.8 Å². The van der Waals surface area contributed by atoms with Crippen LogP contribution in [0, 0.1) is 0 Å². The van der Waals surface area contributed by atoms with Crippen molar-refractivity contribution in [3.8, 4) is 0 Å². The molecule has 1 saturated heterocycles. The number of furan rings is 2. The first-order chi connectivity index (χ1) is 15.2. The minimum atomic E-state index is -4.00. The lowest BCUT2D eigenvalue weighted by Gasteiger charge is -2.21. The summed E-state index contributed by atoms with van der Waals surface area (Å²) >= 11 is 0. The molecule has 1 N–H and O–H groups in total. The second-order valence-electron chi connectivity index (χ2n) is 7.57. The number of sulfonamides is 1. The lowest BCUT2D eigenvalue weighted by atomic mass is 10.2. The summed E-state index contributed by atoms with van der Waals surface area (Å²) in [6, 6.07) is 11.9. The average Bonchev–Trinajstić information content (AvgIpc) is 3.50. The van der Waals surface area contributed by atoms with Crippen molar-refractivity contribution in [3.63, 3.8) is 0 Å². The van der Waals surface area contributed by atoms with E-state index in [-0.39, 0.29) is 41.5 Å². The highest BCUT2D eigenvalue weighted by molar-refractivity contribution is 7.92. The van der Waals surface area contributed by atoms with Crippen molar-refractivity contribution < 1.29 is 30.5 Å². The van der Waals surface area contributed by atoms with Gasteiger partial charge < -0.3 is 13.7 Å². The summed E-state index contributed by atoms with van der Waals surface area (Å²) in [5, 5.41) is 0. The number of nitrogens with one attached hydrogen (secondary N) is 1. The van der Waals surface area contributed by atoms with Crippen LogP contribution in [0.4, 0.5) is 0 Å². The zero-order valence-electron chi connectivity index (χ0n) is 17.0. The highest BCUT2D eigenvalue weighted by atomic mass is 32.2. The van der Waals surface area contributed by atoms with E-state index in [1.54, 1.807) is 24.3 Å². The molecule has 3 aromatic rings. The summed E-state index contributed by atoms with van der Waals surface area (Å²) in [6.45, 7) is 0.337. The third-order valence-electron chi connectivity index (χ3n) is 5.09. The van der Waals surface area contributed by atoms with Gasteiger partial charge in [0.1, 0.15) is 11.5 Å². The highest BCUT2D eigenvalue weighted by Gasteiger charge is 2.31. The Balaban J connectivity index is 1.56. The molecule has 170 valence electrons. The van der Waals surface area contributed by atoms with Crippen LogP contribution >= 0.6 is 0 Å². The van der Waals surface area contributed by atoms with Gasteiger partial charge in [-0.05, 0) is 48.9 Å². The largest absolute Gasteiger partial charge is 0.467 e. The van der Waals surface area contributed by atoms with Crippen molar-refractivity contribution in [2.75, 3.05) is 11.5 Å². The zero-order valence-corrected chi connectivity index (χ0v) is 18.6. The maximum Gasteiger partial charge on any atom is 0.254 e. The predicted octanol–water partition coefficient (Wildman–Crippen LogP) is 2.18. The molecule has 0 saturated carbocycles. The van der Waals surface area contributed by atoms with Gasteiger partial charge in [-0.25, -0.2) is 21.6 Å². The number of carbonyl (C=O) groups is 1. The van der Waals surface area contributed by atoms with Crippen LogP contribution in [0.3, 0.4) is 0 Å². The predicted molar refractivity (Wildman–Crippen MR) is 115 cm³/mol. The number of hydrogen-bond acceptors (Lipinski definition) is 7. The van der Waals surface area contributed by atoms with E-state index in [1.165, 1.54) is 41.7 Å². The number of benzene rings is 1. The molecule has 11 heteroatoms. The molecule has 0 spiro atoms. The summed E-state index contributed by atoms with van der Waals surface area (Å²) in [7, 11) is -7.24. The molecule has 1 amide bonds. The summed E-state index contributed by atoms with van der Waals surface area (Å²) in [5.41, 5.74) is 0.171. The molecular weight excluding hydrogens is 456 g/mol. The van der Waals surface area contributed by atoms with Crippen LogP contribution in [0.1, 0.15) is 28.3 Å². The summed E-state index contributed by atoms with van der Waals surface area (Å²) < 4.78 is 62.0. The van der Waals surface area contributed by atoms with Crippen molar-refractivity contribution in [1.82, 2.24) is 9.62 Å². The van der Waals surface area contributed by atoms with E-state index in [1.807, 2.05) is 0 Å². The molecule has 3 heterocycles. The summed E-state index contributed by atoms with van der Waals surface area (Å²) in [4.78, 5) is 14.6. The van der Waals surface area contributed by atoms with Crippen LogP contribution in [0.25, 0.3) is 0 Å². The molecule has 1 fully saturated rings. The zero-order chi connectivity index (χ0) is 22.8. The number of amides is 1. The van der Waals surface area contributed by atoms with Crippen LogP contribution < -0.4 is 4.72 Å². The molecule has 1 unspecified atom stereocenters. The molecule has 9 nitrogen and oxygen atoms in total. The van der Waals surface area contributed by atoms with Gasteiger partial charge in [0.25, 0.3) is 5.91 Å². The molecule has 0 aliphatic carbocycles. The smallest absolute Gasteiger partial charge is 0.254 e. The minimum absolute atomic E-state index is 0.0484. The van der Waals surface area contributed by atoms with Crippen molar-refractivity contribution >= 4 is 25.8 Å². The normalized spacial score (nSPS) is 17.9. The standard InChI is InChI=1S/C21H22N2O7S2/c24-21(23(13-18-5-2-9-29-18)14-19-6-3-10-30-19)16-4-1-7-20(12-16)32(27,28)22-17-8-11-31(25,26)15-17/h1-7,9-10,12,17,22H,8,11,13-15H2. The highest BCUT2D eigenvalue weighted by Crippen LogP contribution is 2.20. The van der Waals surface area contributed by atoms with Crippen molar-refractivity contribution in [3.05, 3.63) is 78.1 Å². The Morgan fingerprint density at radius 1 is 1.03 bits per heavy atom. The molecule has 0 radical (unpaired) electrons. The molecule has 1 aliphatic rings. The van der Waals surface area contributed by atoms with Gasteiger partial charge >= 0.3 is 0 Å². The number of rotatable bonds is 8. The second kappa shape index (κ2) is 8.93. The van der Waals surface area contributed by atoms with E-state index in [2.05, 4.69) is 4.72 Å². The lowest BCUT2D eigenvalue weighted by molar-refractivity contribution is 0.0704. The third kappa shape index (κ3) is 5.29. The van der Waals surface area contributed by atoms with E-state index in [0.717, 1.165) is 0 Å². The first-order valence-corrected chi connectivity index (χ1v) is 13.2. The fourth-order valence-corrected chi connectivity index (χ4v) is 6.63. The quantitative estimate of drug-likeness (QED) is 0.526. The summed E-state index contributed by atoms with van der Waals surface area (Å²) in [5.74, 6) is 0.451. The van der Waals surface area contributed by atoms with Crippen LogP contribution in [0.2, 0.25) is 0 Å². The molecule has 4 rings (SSSR count). The number of hydrogen-bond donors (Lipinski definition) is 1. The number of nitrogens with zero attached hydrogens (tertiary/aromatic N) is 1. The molecule has 1 aliphatic heterocycles. The van der Waals surface area contributed by atoms with E-state index in [9.17, 15) is 21.6 Å². The Morgan fingerprint density at radius 3 is 2.22 bits per heavy atom. The fraction of sp³-hybridized carbons (Fsp3) is 0.286. The maximum atomic E-state index is 13.3. The van der Waals surface area contributed by atoms with Crippen LogP contribution in [0.5, 0.6) is 0 Å². The second-order valence-corrected chi connectivity index (χ2v) is 11.5. The van der Waals surface area contributed by atoms with E-state index < -0.39 is 31.8 Å². The van der Waals surface area contributed by atoms with Crippen LogP contribution in [-0.2, 0) is 33.0 Å². The first-order valence-electron chi connectivity index (χ1n) is 9.89. The van der Waals surface area contributed by atoms with Gasteiger partial charge in [0.05, 0.1) is 42.0 Å². The SMILES string of the molecule is O=C(c1cccc(S(=O)(=O)NC2CCS(=O)(=O)C2)c1)N(Cc1ccco1)Cc1ccco1. The molecule has 2 aromatic heterocycles.